The van der Waals surface area contributed by atoms with Gasteiger partial charge < -0.3 is 10.0 Å². The van der Waals surface area contributed by atoms with Crippen LogP contribution in [0.25, 0.3) is 0 Å². The minimum Gasteiger partial charge on any atom is -0.395 e. The number of aliphatic hydroxyl groups excluding tert-OH is 1. The predicted octanol–water partition coefficient (Wildman–Crippen LogP) is 1.82. The molecule has 0 atom stereocenters. The zero-order chi connectivity index (χ0) is 11.1. The normalized spacial score (nSPS) is 10.3. The van der Waals surface area contributed by atoms with Crippen LogP contribution in [0.1, 0.15) is 19.8 Å². The summed E-state index contributed by atoms with van der Waals surface area (Å²) in [5.74, 6) is 0.00190. The Morgan fingerprint density at radius 2 is 2.27 bits per heavy atom. The minimum absolute atomic E-state index is 0.0136. The number of unbranched alkanes of at least 4 members (excludes halogenated alkanes) is 1. The van der Waals surface area contributed by atoms with E-state index in [4.69, 9.17) is 5.11 Å². The first-order valence-electron chi connectivity index (χ1n) is 5.26. The number of aromatic nitrogens is 1. The number of anilines is 1. The Labute approximate surface area is 89.6 Å². The predicted molar refractivity (Wildman–Crippen MR) is 58.4 cm³/mol. The van der Waals surface area contributed by atoms with Crippen LogP contribution in [0.2, 0.25) is 0 Å². The van der Waals surface area contributed by atoms with Crippen molar-refractivity contribution in [3.8, 4) is 0 Å². The molecule has 0 unspecified atom stereocenters. The molecule has 15 heavy (non-hydrogen) atoms. The van der Waals surface area contributed by atoms with Crippen LogP contribution >= 0.6 is 0 Å². The molecule has 0 aromatic carbocycles. The fourth-order valence-corrected chi connectivity index (χ4v) is 1.40. The fraction of sp³-hybridized carbons (Fsp3) is 0.545. The van der Waals surface area contributed by atoms with E-state index in [0.717, 1.165) is 19.4 Å². The zero-order valence-corrected chi connectivity index (χ0v) is 8.99. The van der Waals surface area contributed by atoms with Crippen molar-refractivity contribution in [3.05, 3.63) is 24.1 Å². The number of hydrogen-bond acceptors (Lipinski definition) is 3. The van der Waals surface area contributed by atoms with E-state index in [1.54, 1.807) is 17.2 Å². The van der Waals surface area contributed by atoms with Gasteiger partial charge in [-0.25, -0.2) is 9.37 Å². The number of hydrogen-bond donors (Lipinski definition) is 1. The summed E-state index contributed by atoms with van der Waals surface area (Å²) in [7, 11) is 0. The van der Waals surface area contributed by atoms with Crippen LogP contribution in [-0.4, -0.2) is 29.8 Å². The maximum absolute atomic E-state index is 13.4. The van der Waals surface area contributed by atoms with Crippen molar-refractivity contribution in [2.24, 2.45) is 0 Å². The molecule has 4 heteroatoms. The van der Waals surface area contributed by atoms with E-state index in [1.165, 1.54) is 6.07 Å². The van der Waals surface area contributed by atoms with Crippen LogP contribution in [0, 0.1) is 5.82 Å². The van der Waals surface area contributed by atoms with Gasteiger partial charge in [0.15, 0.2) is 11.6 Å². The molecule has 84 valence electrons. The minimum atomic E-state index is -0.331. The number of nitrogens with zero attached hydrogens (tertiary/aromatic N) is 2. The van der Waals surface area contributed by atoms with Crippen LogP contribution < -0.4 is 4.90 Å². The smallest absolute Gasteiger partial charge is 0.165 e. The third-order valence-electron chi connectivity index (χ3n) is 2.19. The lowest BCUT2D eigenvalue weighted by molar-refractivity contribution is 0.301. The van der Waals surface area contributed by atoms with E-state index < -0.39 is 0 Å². The molecule has 3 nitrogen and oxygen atoms in total. The van der Waals surface area contributed by atoms with Crippen LogP contribution in [0.15, 0.2) is 18.3 Å². The molecule has 1 aromatic rings. The summed E-state index contributed by atoms with van der Waals surface area (Å²) in [4.78, 5) is 5.77. The Balaban J connectivity index is 2.74. The zero-order valence-electron chi connectivity index (χ0n) is 8.99. The number of rotatable bonds is 6. The van der Waals surface area contributed by atoms with E-state index in [2.05, 4.69) is 11.9 Å². The molecular formula is C11H17FN2O. The van der Waals surface area contributed by atoms with E-state index in [-0.39, 0.29) is 12.4 Å². The molecule has 0 radical (unpaired) electrons. The Bertz CT molecular complexity index is 294. The van der Waals surface area contributed by atoms with Gasteiger partial charge in [0, 0.05) is 19.3 Å². The molecule has 0 saturated heterocycles. The van der Waals surface area contributed by atoms with Crippen molar-refractivity contribution in [3.63, 3.8) is 0 Å². The third kappa shape index (κ3) is 3.47. The van der Waals surface area contributed by atoms with Gasteiger partial charge in [-0.1, -0.05) is 13.3 Å². The van der Waals surface area contributed by atoms with Crippen molar-refractivity contribution in [2.75, 3.05) is 24.6 Å². The van der Waals surface area contributed by atoms with Crippen molar-refractivity contribution < 1.29 is 9.50 Å². The van der Waals surface area contributed by atoms with Gasteiger partial charge in [-0.05, 0) is 18.6 Å². The van der Waals surface area contributed by atoms with E-state index in [0.29, 0.717) is 12.4 Å². The number of halogens is 1. The van der Waals surface area contributed by atoms with Gasteiger partial charge in [-0.3, -0.25) is 0 Å². The highest BCUT2D eigenvalue weighted by Crippen LogP contribution is 2.15. The molecule has 0 aliphatic rings. The van der Waals surface area contributed by atoms with Gasteiger partial charge in [0.2, 0.25) is 0 Å². The van der Waals surface area contributed by atoms with Gasteiger partial charge in [-0.2, -0.15) is 0 Å². The molecule has 0 amide bonds. The molecular weight excluding hydrogens is 195 g/mol. The second-order valence-electron chi connectivity index (χ2n) is 3.37. The van der Waals surface area contributed by atoms with Crippen molar-refractivity contribution >= 4 is 5.82 Å². The molecule has 0 spiro atoms. The standard InChI is InChI=1S/C11H17FN2O/c1-2-3-7-14(8-9-15)11-10(12)5-4-6-13-11/h4-6,15H,2-3,7-9H2,1H3. The van der Waals surface area contributed by atoms with Crippen LogP contribution in [0.3, 0.4) is 0 Å². The van der Waals surface area contributed by atoms with E-state index >= 15 is 0 Å². The summed E-state index contributed by atoms with van der Waals surface area (Å²) in [6.07, 6.45) is 3.57. The van der Waals surface area contributed by atoms with Crippen LogP contribution in [0.5, 0.6) is 0 Å². The second-order valence-corrected chi connectivity index (χ2v) is 3.37. The molecule has 0 bridgehead atoms. The van der Waals surface area contributed by atoms with Crippen LogP contribution in [0.4, 0.5) is 10.2 Å². The molecule has 0 saturated carbocycles. The quantitative estimate of drug-likeness (QED) is 0.781. The first-order chi connectivity index (χ1) is 7.29. The molecule has 1 aromatic heterocycles. The van der Waals surface area contributed by atoms with Gasteiger partial charge in [0.05, 0.1) is 6.61 Å². The lowest BCUT2D eigenvalue weighted by atomic mass is 10.3. The van der Waals surface area contributed by atoms with Gasteiger partial charge in [0.1, 0.15) is 0 Å². The summed E-state index contributed by atoms with van der Waals surface area (Å²) in [6, 6.07) is 2.95. The Morgan fingerprint density at radius 1 is 1.47 bits per heavy atom. The highest BCUT2D eigenvalue weighted by Gasteiger charge is 2.10. The van der Waals surface area contributed by atoms with Crippen molar-refractivity contribution in [2.45, 2.75) is 19.8 Å². The first-order valence-corrected chi connectivity index (χ1v) is 5.26. The highest BCUT2D eigenvalue weighted by atomic mass is 19.1. The Kier molecular flexibility index (Phi) is 5.04. The third-order valence-corrected chi connectivity index (χ3v) is 2.19. The summed E-state index contributed by atoms with van der Waals surface area (Å²) in [5.41, 5.74) is 0. The number of pyridine rings is 1. The molecule has 0 aliphatic carbocycles. The monoisotopic (exact) mass is 212 g/mol. The van der Waals surface area contributed by atoms with Gasteiger partial charge in [-0.15, -0.1) is 0 Å². The molecule has 1 heterocycles. The average molecular weight is 212 g/mol. The summed E-state index contributed by atoms with van der Waals surface area (Å²) < 4.78 is 13.4. The van der Waals surface area contributed by atoms with E-state index in [9.17, 15) is 4.39 Å². The van der Waals surface area contributed by atoms with Gasteiger partial charge >= 0.3 is 0 Å². The topological polar surface area (TPSA) is 36.4 Å². The van der Waals surface area contributed by atoms with Gasteiger partial charge in [0.25, 0.3) is 0 Å². The highest BCUT2D eigenvalue weighted by molar-refractivity contribution is 5.39. The average Bonchev–Trinajstić information content (AvgIpc) is 2.25. The summed E-state index contributed by atoms with van der Waals surface area (Å²) in [6.45, 7) is 3.24. The fourth-order valence-electron chi connectivity index (χ4n) is 1.40. The lowest BCUT2D eigenvalue weighted by Crippen LogP contribution is -2.29. The molecule has 1 rings (SSSR count). The Morgan fingerprint density at radius 3 is 2.87 bits per heavy atom. The molecule has 1 N–H and O–H groups in total. The maximum atomic E-state index is 13.4. The summed E-state index contributed by atoms with van der Waals surface area (Å²) >= 11 is 0. The Hall–Kier alpha value is -1.16. The lowest BCUT2D eigenvalue weighted by Gasteiger charge is -2.22. The summed E-state index contributed by atoms with van der Waals surface area (Å²) in [5, 5.41) is 8.90. The van der Waals surface area contributed by atoms with E-state index in [1.807, 2.05) is 0 Å². The SMILES string of the molecule is CCCCN(CCO)c1ncccc1F. The van der Waals surface area contributed by atoms with Crippen LogP contribution in [-0.2, 0) is 0 Å². The van der Waals surface area contributed by atoms with Crippen molar-refractivity contribution in [1.82, 2.24) is 4.98 Å². The second kappa shape index (κ2) is 6.35. The molecule has 0 aliphatic heterocycles. The van der Waals surface area contributed by atoms with Crippen molar-refractivity contribution in [1.29, 1.82) is 0 Å². The number of aliphatic hydroxyl groups is 1. The maximum Gasteiger partial charge on any atom is 0.165 e. The largest absolute Gasteiger partial charge is 0.395 e. The molecule has 0 fully saturated rings. The first kappa shape index (κ1) is 11.9.